The maximum absolute atomic E-state index is 12.1. The number of carbonyl (C=O) groups is 1. The second-order valence-corrected chi connectivity index (χ2v) is 7.00. The molecule has 1 amide bonds. The molecule has 2 aliphatic rings. The Kier molecular flexibility index (Phi) is 3.18. The van der Waals surface area contributed by atoms with E-state index in [1.54, 1.807) is 4.90 Å². The van der Waals surface area contributed by atoms with Gasteiger partial charge in [0.25, 0.3) is 0 Å². The molecule has 1 aromatic carbocycles. The molecule has 0 radical (unpaired) electrons. The van der Waals surface area contributed by atoms with Crippen LogP contribution in [0.3, 0.4) is 0 Å². The van der Waals surface area contributed by atoms with Crippen molar-refractivity contribution in [1.82, 2.24) is 4.90 Å². The number of carbonyl (C=O) groups excluding carboxylic acids is 1. The summed E-state index contributed by atoms with van der Waals surface area (Å²) in [4.78, 5) is 13.7. The van der Waals surface area contributed by atoms with E-state index in [4.69, 9.17) is 9.88 Å². The van der Waals surface area contributed by atoms with Crippen molar-refractivity contribution in [2.75, 3.05) is 13.2 Å². The summed E-state index contributed by atoms with van der Waals surface area (Å²) in [7, 11) is -3.68. The van der Waals surface area contributed by atoms with Gasteiger partial charge in [0, 0.05) is 24.9 Å². The third kappa shape index (κ3) is 2.27. The van der Waals surface area contributed by atoms with E-state index in [9.17, 15) is 13.2 Å². The average molecular weight is 296 g/mol. The molecule has 7 heteroatoms. The van der Waals surface area contributed by atoms with Crippen molar-refractivity contribution in [3.8, 4) is 5.75 Å². The SMILES string of the molecule is NS(=O)(=O)C1CC(=O)N(C2CCOc3ccccc32)C1. The molecule has 1 fully saturated rings. The predicted molar refractivity (Wildman–Crippen MR) is 72.5 cm³/mol. The largest absolute Gasteiger partial charge is 0.493 e. The third-order valence-corrected chi connectivity index (χ3v) is 5.14. The molecule has 1 saturated heterocycles. The number of ether oxygens (including phenoxy) is 1. The smallest absolute Gasteiger partial charge is 0.224 e. The summed E-state index contributed by atoms with van der Waals surface area (Å²) in [5.74, 6) is 0.598. The lowest BCUT2D eigenvalue weighted by Gasteiger charge is -2.33. The fraction of sp³-hybridized carbons (Fsp3) is 0.462. The Morgan fingerprint density at radius 3 is 2.75 bits per heavy atom. The summed E-state index contributed by atoms with van der Waals surface area (Å²) in [6.07, 6.45) is 0.637. The van der Waals surface area contributed by atoms with Crippen LogP contribution in [0.4, 0.5) is 0 Å². The number of benzene rings is 1. The van der Waals surface area contributed by atoms with Crippen molar-refractivity contribution >= 4 is 15.9 Å². The number of hydrogen-bond acceptors (Lipinski definition) is 4. The van der Waals surface area contributed by atoms with Crippen molar-refractivity contribution in [2.24, 2.45) is 5.14 Å². The van der Waals surface area contributed by atoms with Crippen LogP contribution in [0.25, 0.3) is 0 Å². The number of sulfonamides is 1. The Balaban J connectivity index is 1.90. The van der Waals surface area contributed by atoms with E-state index in [0.29, 0.717) is 13.0 Å². The van der Waals surface area contributed by atoms with E-state index in [2.05, 4.69) is 0 Å². The van der Waals surface area contributed by atoms with Gasteiger partial charge in [-0.15, -0.1) is 0 Å². The molecule has 20 heavy (non-hydrogen) atoms. The van der Waals surface area contributed by atoms with E-state index in [-0.39, 0.29) is 24.9 Å². The van der Waals surface area contributed by atoms with Crippen molar-refractivity contribution < 1.29 is 17.9 Å². The lowest BCUT2D eigenvalue weighted by molar-refractivity contribution is -0.130. The minimum absolute atomic E-state index is 0.0294. The number of para-hydroxylation sites is 1. The van der Waals surface area contributed by atoms with Crippen LogP contribution in [0.1, 0.15) is 24.4 Å². The fourth-order valence-electron chi connectivity index (χ4n) is 2.87. The number of amides is 1. The molecule has 0 aliphatic carbocycles. The molecule has 6 nitrogen and oxygen atoms in total. The Bertz CT molecular complexity index is 644. The Labute approximate surface area is 117 Å². The summed E-state index contributed by atoms with van der Waals surface area (Å²) in [5.41, 5.74) is 0.933. The average Bonchev–Trinajstić information content (AvgIpc) is 2.80. The van der Waals surface area contributed by atoms with Gasteiger partial charge in [-0.3, -0.25) is 4.79 Å². The van der Waals surface area contributed by atoms with Crippen LogP contribution in [-0.4, -0.2) is 37.6 Å². The van der Waals surface area contributed by atoms with E-state index in [1.165, 1.54) is 0 Å². The molecule has 2 atom stereocenters. The highest BCUT2D eigenvalue weighted by Gasteiger charge is 2.41. The highest BCUT2D eigenvalue weighted by Crippen LogP contribution is 2.38. The van der Waals surface area contributed by atoms with Gasteiger partial charge in [-0.25, -0.2) is 13.6 Å². The highest BCUT2D eigenvalue weighted by atomic mass is 32.2. The molecule has 2 unspecified atom stereocenters. The zero-order valence-corrected chi connectivity index (χ0v) is 11.7. The van der Waals surface area contributed by atoms with Gasteiger partial charge in [0.1, 0.15) is 11.0 Å². The van der Waals surface area contributed by atoms with Crippen LogP contribution in [0.5, 0.6) is 5.75 Å². The zero-order chi connectivity index (χ0) is 14.3. The standard InChI is InChI=1S/C13H16N2O4S/c14-20(17,18)9-7-13(16)15(8-9)11-5-6-19-12-4-2-1-3-10(11)12/h1-4,9,11H,5-8H2,(H2,14,17,18). The first-order valence-electron chi connectivity index (χ1n) is 6.49. The molecule has 2 N–H and O–H groups in total. The van der Waals surface area contributed by atoms with Gasteiger partial charge in [-0.05, 0) is 6.07 Å². The number of likely N-dealkylation sites (tertiary alicyclic amines) is 1. The molecular weight excluding hydrogens is 280 g/mol. The number of fused-ring (bicyclic) bond motifs is 1. The first-order valence-corrected chi connectivity index (χ1v) is 8.10. The van der Waals surface area contributed by atoms with Gasteiger partial charge in [0.15, 0.2) is 0 Å². The van der Waals surface area contributed by atoms with Gasteiger partial charge in [0.2, 0.25) is 15.9 Å². The van der Waals surface area contributed by atoms with Gasteiger partial charge in [-0.2, -0.15) is 0 Å². The van der Waals surface area contributed by atoms with E-state index in [1.807, 2.05) is 24.3 Å². The van der Waals surface area contributed by atoms with E-state index >= 15 is 0 Å². The molecular formula is C13H16N2O4S. The van der Waals surface area contributed by atoms with Crippen molar-refractivity contribution in [2.45, 2.75) is 24.1 Å². The normalized spacial score (nSPS) is 26.2. The van der Waals surface area contributed by atoms with Crippen LogP contribution in [0.15, 0.2) is 24.3 Å². The lowest BCUT2D eigenvalue weighted by atomic mass is 9.99. The van der Waals surface area contributed by atoms with Gasteiger partial charge in [0.05, 0.1) is 12.6 Å². The van der Waals surface area contributed by atoms with Crippen LogP contribution in [0.2, 0.25) is 0 Å². The van der Waals surface area contributed by atoms with Crippen LogP contribution in [0, 0.1) is 0 Å². The molecule has 2 heterocycles. The molecule has 0 bridgehead atoms. The Morgan fingerprint density at radius 2 is 2.05 bits per heavy atom. The van der Waals surface area contributed by atoms with Crippen LogP contribution < -0.4 is 9.88 Å². The summed E-state index contributed by atoms with van der Waals surface area (Å²) in [6, 6.07) is 7.41. The number of hydrogen-bond donors (Lipinski definition) is 1. The lowest BCUT2D eigenvalue weighted by Crippen LogP contribution is -2.36. The molecule has 0 saturated carbocycles. The first kappa shape index (κ1) is 13.4. The molecule has 0 spiro atoms. The van der Waals surface area contributed by atoms with Crippen molar-refractivity contribution in [1.29, 1.82) is 0 Å². The summed E-state index contributed by atoms with van der Waals surface area (Å²) >= 11 is 0. The fourth-order valence-corrected chi connectivity index (χ4v) is 3.61. The number of nitrogens with zero attached hydrogens (tertiary/aromatic N) is 1. The van der Waals surface area contributed by atoms with Crippen molar-refractivity contribution in [3.05, 3.63) is 29.8 Å². The number of nitrogens with two attached hydrogens (primary N) is 1. The maximum atomic E-state index is 12.1. The van der Waals surface area contributed by atoms with Crippen LogP contribution >= 0.6 is 0 Å². The molecule has 108 valence electrons. The van der Waals surface area contributed by atoms with Gasteiger partial charge >= 0.3 is 0 Å². The number of primary sulfonamides is 1. The van der Waals surface area contributed by atoms with Crippen LogP contribution in [-0.2, 0) is 14.8 Å². The Hall–Kier alpha value is -1.60. The van der Waals surface area contributed by atoms with Gasteiger partial charge in [-0.1, -0.05) is 18.2 Å². The first-order chi connectivity index (χ1) is 9.47. The predicted octanol–water partition coefficient (Wildman–Crippen LogP) is 0.400. The summed E-state index contributed by atoms with van der Waals surface area (Å²) in [5, 5.41) is 4.36. The topological polar surface area (TPSA) is 89.7 Å². The zero-order valence-electron chi connectivity index (χ0n) is 10.9. The molecule has 2 aliphatic heterocycles. The molecule has 3 rings (SSSR count). The van der Waals surface area contributed by atoms with E-state index < -0.39 is 15.3 Å². The minimum Gasteiger partial charge on any atom is -0.493 e. The summed E-state index contributed by atoms with van der Waals surface area (Å²) < 4.78 is 28.4. The monoisotopic (exact) mass is 296 g/mol. The molecule has 0 aromatic heterocycles. The minimum atomic E-state index is -3.68. The van der Waals surface area contributed by atoms with Crippen molar-refractivity contribution in [3.63, 3.8) is 0 Å². The Morgan fingerprint density at radius 1 is 1.30 bits per heavy atom. The highest BCUT2D eigenvalue weighted by molar-refractivity contribution is 7.89. The third-order valence-electron chi connectivity index (χ3n) is 3.89. The second-order valence-electron chi connectivity index (χ2n) is 5.15. The quantitative estimate of drug-likeness (QED) is 0.855. The van der Waals surface area contributed by atoms with E-state index in [0.717, 1.165) is 11.3 Å². The maximum Gasteiger partial charge on any atom is 0.224 e. The summed E-state index contributed by atoms with van der Waals surface area (Å²) in [6.45, 7) is 0.683. The van der Waals surface area contributed by atoms with Gasteiger partial charge < -0.3 is 9.64 Å². The molecule has 1 aromatic rings. The number of rotatable bonds is 2. The second kappa shape index (κ2) is 4.75.